The number of carbonyl (C=O) groups excluding carboxylic acids is 3. The van der Waals surface area contributed by atoms with Gasteiger partial charge in [-0.25, -0.2) is 4.90 Å². The molecular weight excluding hydrogens is 508 g/mol. The Morgan fingerprint density at radius 3 is 2.07 bits per heavy atom. The molecule has 7 rings (SSSR count). The number of benzene rings is 5. The molecular formula is C36H26N2O3. The molecule has 0 unspecified atom stereocenters. The standard InChI is InChI=1S/C36H26N2O3/c1-21-19-22(2)32(23(3)20-21)38-35(40)27-15-10-18-30(31(27)36(38)41)37-29-17-8-7-13-25(29)26-14-9-16-28(33(26)37)34(39)24-11-5-4-6-12-24/h4-20H,1-3H3. The van der Waals surface area contributed by atoms with Crippen LogP contribution in [0.1, 0.15) is 53.3 Å². The van der Waals surface area contributed by atoms with Crippen LogP contribution in [-0.2, 0) is 0 Å². The van der Waals surface area contributed by atoms with Gasteiger partial charge in [-0.1, -0.05) is 84.4 Å². The lowest BCUT2D eigenvalue weighted by atomic mass is 10.00. The van der Waals surface area contributed by atoms with E-state index < -0.39 is 0 Å². The van der Waals surface area contributed by atoms with E-state index >= 15 is 0 Å². The number of para-hydroxylation sites is 2. The molecule has 0 N–H and O–H groups in total. The number of aryl methyl sites for hydroxylation is 3. The van der Waals surface area contributed by atoms with Crippen molar-refractivity contribution in [3.05, 3.63) is 142 Å². The third-order valence-electron chi connectivity index (χ3n) is 7.97. The van der Waals surface area contributed by atoms with Crippen LogP contribution in [0, 0.1) is 20.8 Å². The highest BCUT2D eigenvalue weighted by Crippen LogP contribution is 2.40. The van der Waals surface area contributed by atoms with Crippen molar-refractivity contribution in [2.75, 3.05) is 4.90 Å². The molecule has 0 aliphatic carbocycles. The molecule has 0 radical (unpaired) electrons. The van der Waals surface area contributed by atoms with Crippen LogP contribution in [0.4, 0.5) is 5.69 Å². The predicted molar refractivity (Wildman–Crippen MR) is 162 cm³/mol. The fourth-order valence-corrected chi connectivity index (χ4v) is 6.38. The summed E-state index contributed by atoms with van der Waals surface area (Å²) in [6.07, 6.45) is 0. The molecule has 0 saturated heterocycles. The maximum absolute atomic E-state index is 14.3. The normalized spacial score (nSPS) is 12.9. The lowest BCUT2D eigenvalue weighted by molar-refractivity contribution is 0.0924. The van der Waals surface area contributed by atoms with Crippen molar-refractivity contribution in [2.45, 2.75) is 20.8 Å². The van der Waals surface area contributed by atoms with Crippen molar-refractivity contribution in [3.8, 4) is 5.69 Å². The van der Waals surface area contributed by atoms with Gasteiger partial charge in [-0.05, 0) is 56.2 Å². The molecule has 0 fully saturated rings. The number of carbonyl (C=O) groups is 3. The summed E-state index contributed by atoms with van der Waals surface area (Å²) < 4.78 is 1.98. The van der Waals surface area contributed by atoms with E-state index in [9.17, 15) is 14.4 Å². The average molecular weight is 535 g/mol. The Balaban J connectivity index is 1.52. The molecule has 2 amide bonds. The molecule has 2 heterocycles. The van der Waals surface area contributed by atoms with E-state index in [0.717, 1.165) is 33.0 Å². The maximum Gasteiger partial charge on any atom is 0.268 e. The van der Waals surface area contributed by atoms with Gasteiger partial charge in [0.05, 0.1) is 33.5 Å². The number of hydrogen-bond donors (Lipinski definition) is 0. The quantitative estimate of drug-likeness (QED) is 0.172. The Morgan fingerprint density at radius 2 is 1.32 bits per heavy atom. The number of aromatic nitrogens is 1. The van der Waals surface area contributed by atoms with Crippen molar-refractivity contribution in [1.29, 1.82) is 0 Å². The van der Waals surface area contributed by atoms with Gasteiger partial charge in [0.2, 0.25) is 0 Å². The highest BCUT2D eigenvalue weighted by atomic mass is 16.2. The number of fused-ring (bicyclic) bond motifs is 4. The lowest BCUT2D eigenvalue weighted by Crippen LogP contribution is -2.31. The summed E-state index contributed by atoms with van der Waals surface area (Å²) in [6.45, 7) is 5.85. The zero-order valence-electron chi connectivity index (χ0n) is 22.9. The smallest absolute Gasteiger partial charge is 0.268 e. The zero-order chi connectivity index (χ0) is 28.4. The van der Waals surface area contributed by atoms with Crippen LogP contribution < -0.4 is 4.90 Å². The topological polar surface area (TPSA) is 59.4 Å². The second-order valence-corrected chi connectivity index (χ2v) is 10.6. The highest BCUT2D eigenvalue weighted by molar-refractivity contribution is 6.36. The van der Waals surface area contributed by atoms with Gasteiger partial charge in [0.25, 0.3) is 11.8 Å². The fraction of sp³-hybridized carbons (Fsp3) is 0.0833. The minimum Gasteiger partial charge on any atom is -0.308 e. The summed E-state index contributed by atoms with van der Waals surface area (Å²) in [6, 6.07) is 32.2. The summed E-state index contributed by atoms with van der Waals surface area (Å²) in [4.78, 5) is 43.3. The first-order valence-electron chi connectivity index (χ1n) is 13.6. The summed E-state index contributed by atoms with van der Waals surface area (Å²) in [5, 5.41) is 1.86. The molecule has 5 nitrogen and oxygen atoms in total. The SMILES string of the molecule is Cc1cc(C)c(N2C(=O)c3cccc(-n4c5ccccc5c5cccc(C(=O)c6ccccc6)c54)c3C2=O)c(C)c1. The van der Waals surface area contributed by atoms with E-state index in [-0.39, 0.29) is 17.6 Å². The molecule has 1 aliphatic heterocycles. The van der Waals surface area contributed by atoms with Crippen LogP contribution in [0.2, 0.25) is 0 Å². The Kier molecular flexibility index (Phi) is 5.51. The first-order chi connectivity index (χ1) is 19.9. The fourth-order valence-electron chi connectivity index (χ4n) is 6.38. The number of ketones is 1. The minimum absolute atomic E-state index is 0.109. The van der Waals surface area contributed by atoms with E-state index in [0.29, 0.717) is 39.1 Å². The number of nitrogens with zero attached hydrogens (tertiary/aromatic N) is 2. The van der Waals surface area contributed by atoms with Gasteiger partial charge >= 0.3 is 0 Å². The van der Waals surface area contributed by atoms with Gasteiger partial charge in [-0.3, -0.25) is 14.4 Å². The molecule has 41 heavy (non-hydrogen) atoms. The van der Waals surface area contributed by atoms with Gasteiger partial charge in [0.15, 0.2) is 5.78 Å². The Bertz CT molecular complexity index is 2060. The Hall–Kier alpha value is -5.29. The summed E-state index contributed by atoms with van der Waals surface area (Å²) >= 11 is 0. The van der Waals surface area contributed by atoms with Crippen molar-refractivity contribution in [1.82, 2.24) is 4.57 Å². The van der Waals surface area contributed by atoms with Crippen molar-refractivity contribution < 1.29 is 14.4 Å². The molecule has 1 aromatic heterocycles. The van der Waals surface area contributed by atoms with Crippen LogP contribution in [0.25, 0.3) is 27.5 Å². The maximum atomic E-state index is 14.3. The van der Waals surface area contributed by atoms with Crippen LogP contribution in [0.3, 0.4) is 0 Å². The summed E-state index contributed by atoms with van der Waals surface area (Å²) in [7, 11) is 0. The molecule has 0 atom stereocenters. The van der Waals surface area contributed by atoms with E-state index in [2.05, 4.69) is 0 Å². The average Bonchev–Trinajstić information content (AvgIpc) is 3.44. The monoisotopic (exact) mass is 534 g/mol. The number of rotatable bonds is 4. The van der Waals surface area contributed by atoms with Gasteiger partial charge in [0.1, 0.15) is 0 Å². The second-order valence-electron chi connectivity index (χ2n) is 10.6. The third-order valence-corrected chi connectivity index (χ3v) is 7.97. The summed E-state index contributed by atoms with van der Waals surface area (Å²) in [5.41, 5.74) is 7.35. The van der Waals surface area contributed by atoms with E-state index in [1.54, 1.807) is 24.3 Å². The van der Waals surface area contributed by atoms with Gasteiger partial charge in [0, 0.05) is 21.9 Å². The van der Waals surface area contributed by atoms with Crippen molar-refractivity contribution in [3.63, 3.8) is 0 Å². The molecule has 198 valence electrons. The number of hydrogen-bond acceptors (Lipinski definition) is 3. The number of imide groups is 1. The second kappa shape index (κ2) is 9.14. The first kappa shape index (κ1) is 24.7. The van der Waals surface area contributed by atoms with Gasteiger partial charge < -0.3 is 4.57 Å². The van der Waals surface area contributed by atoms with Crippen molar-refractivity contribution in [2.24, 2.45) is 0 Å². The molecule has 0 bridgehead atoms. The molecule has 1 aliphatic rings. The van der Waals surface area contributed by atoms with E-state index in [1.807, 2.05) is 104 Å². The first-order valence-corrected chi connectivity index (χ1v) is 13.6. The highest BCUT2D eigenvalue weighted by Gasteiger charge is 2.40. The third kappa shape index (κ3) is 3.59. The molecule has 0 spiro atoms. The number of amides is 2. The van der Waals surface area contributed by atoms with Crippen LogP contribution in [0.15, 0.2) is 103 Å². The van der Waals surface area contributed by atoms with Gasteiger partial charge in [-0.15, -0.1) is 0 Å². The van der Waals surface area contributed by atoms with E-state index in [1.165, 1.54) is 4.90 Å². The van der Waals surface area contributed by atoms with Crippen LogP contribution in [-0.4, -0.2) is 22.2 Å². The summed E-state index contributed by atoms with van der Waals surface area (Å²) in [5.74, 6) is -0.820. The molecule has 6 aromatic rings. The van der Waals surface area contributed by atoms with E-state index in [4.69, 9.17) is 0 Å². The number of anilines is 1. The van der Waals surface area contributed by atoms with Crippen LogP contribution >= 0.6 is 0 Å². The van der Waals surface area contributed by atoms with Crippen molar-refractivity contribution >= 4 is 45.1 Å². The Labute approximate surface area is 237 Å². The lowest BCUT2D eigenvalue weighted by Gasteiger charge is -2.20. The minimum atomic E-state index is -0.367. The van der Waals surface area contributed by atoms with Crippen LogP contribution in [0.5, 0.6) is 0 Å². The Morgan fingerprint density at radius 1 is 0.659 bits per heavy atom. The zero-order valence-corrected chi connectivity index (χ0v) is 22.9. The molecule has 5 aromatic carbocycles. The largest absolute Gasteiger partial charge is 0.308 e. The van der Waals surface area contributed by atoms with Gasteiger partial charge in [-0.2, -0.15) is 0 Å². The molecule has 5 heteroatoms. The predicted octanol–water partition coefficient (Wildman–Crippen LogP) is 7.74. The molecule has 0 saturated carbocycles.